The van der Waals surface area contributed by atoms with E-state index >= 15 is 0 Å². The Bertz CT molecular complexity index is 173. The predicted octanol–water partition coefficient (Wildman–Crippen LogP) is 0.111. The van der Waals surface area contributed by atoms with Crippen LogP contribution >= 0.6 is 0 Å². The molecule has 2 N–H and O–H groups in total. The number of nitrogens with two attached hydrogens (primary N) is 1. The van der Waals surface area contributed by atoms with Gasteiger partial charge < -0.3 is 10.6 Å². The molecule has 0 amide bonds. The number of likely N-dealkylation sites (N-methyl/N-ethyl adjacent to an activating group) is 1. The van der Waals surface area contributed by atoms with Crippen LogP contribution in [0.3, 0.4) is 0 Å². The van der Waals surface area contributed by atoms with E-state index in [4.69, 9.17) is 11.0 Å². The molecule has 0 aromatic rings. The van der Waals surface area contributed by atoms with Gasteiger partial charge in [0.1, 0.15) is 6.04 Å². The molecule has 4 nitrogen and oxygen atoms in total. The molecule has 1 atom stereocenters. The second-order valence-electron chi connectivity index (χ2n) is 3.84. The van der Waals surface area contributed by atoms with Gasteiger partial charge in [0.05, 0.1) is 6.07 Å². The first kappa shape index (κ1) is 13.4. The Balaban J connectivity index is 3.83. The lowest BCUT2D eigenvalue weighted by atomic mass is 10.3. The highest BCUT2D eigenvalue weighted by molar-refractivity contribution is 4.88. The van der Waals surface area contributed by atoms with Crippen LogP contribution < -0.4 is 5.73 Å². The van der Waals surface area contributed by atoms with Crippen LogP contribution in [0.25, 0.3) is 0 Å². The van der Waals surface area contributed by atoms with Crippen molar-refractivity contribution in [1.29, 1.82) is 5.26 Å². The average molecular weight is 198 g/mol. The Kier molecular flexibility index (Phi) is 7.40. The number of nitrogens with zero attached hydrogens (tertiary/aromatic N) is 3. The summed E-state index contributed by atoms with van der Waals surface area (Å²) in [7, 11) is 4.10. The van der Waals surface area contributed by atoms with Crippen molar-refractivity contribution in [2.24, 2.45) is 5.73 Å². The van der Waals surface area contributed by atoms with Gasteiger partial charge in [-0.25, -0.2) is 0 Å². The lowest BCUT2D eigenvalue weighted by molar-refractivity contribution is 0.238. The lowest BCUT2D eigenvalue weighted by Crippen LogP contribution is -2.40. The predicted molar refractivity (Wildman–Crippen MR) is 58.9 cm³/mol. The third-order valence-corrected chi connectivity index (χ3v) is 2.02. The van der Waals surface area contributed by atoms with Gasteiger partial charge >= 0.3 is 0 Å². The Morgan fingerprint density at radius 1 is 1.29 bits per heavy atom. The van der Waals surface area contributed by atoms with Crippen LogP contribution in [0.5, 0.6) is 0 Å². The highest BCUT2D eigenvalue weighted by Gasteiger charge is 2.08. The van der Waals surface area contributed by atoms with Gasteiger partial charge in [0.25, 0.3) is 0 Å². The summed E-state index contributed by atoms with van der Waals surface area (Å²) >= 11 is 0. The standard InChI is InChI=1S/C10H22N4/c1-4-5-14(7-6-13(2)3)9-10(12)8-11/h10H,4-7,9,12H2,1-3H3. The van der Waals surface area contributed by atoms with E-state index < -0.39 is 0 Å². The van der Waals surface area contributed by atoms with E-state index in [-0.39, 0.29) is 6.04 Å². The first-order chi connectivity index (χ1) is 6.60. The molecule has 0 bridgehead atoms. The molecule has 0 heterocycles. The summed E-state index contributed by atoms with van der Waals surface area (Å²) < 4.78 is 0. The van der Waals surface area contributed by atoms with Crippen molar-refractivity contribution in [2.45, 2.75) is 19.4 Å². The molecule has 0 saturated carbocycles. The van der Waals surface area contributed by atoms with Crippen LogP contribution in [0.2, 0.25) is 0 Å². The van der Waals surface area contributed by atoms with Gasteiger partial charge in [-0.15, -0.1) is 0 Å². The number of rotatable bonds is 7. The van der Waals surface area contributed by atoms with Gasteiger partial charge in [-0.1, -0.05) is 6.92 Å². The minimum Gasteiger partial charge on any atom is -0.315 e. The summed E-state index contributed by atoms with van der Waals surface area (Å²) in [6.07, 6.45) is 1.10. The van der Waals surface area contributed by atoms with E-state index in [0.717, 1.165) is 26.1 Å². The fourth-order valence-electron chi connectivity index (χ4n) is 1.27. The first-order valence-electron chi connectivity index (χ1n) is 5.12. The molecule has 0 rings (SSSR count). The van der Waals surface area contributed by atoms with Crippen molar-refractivity contribution in [1.82, 2.24) is 9.80 Å². The van der Waals surface area contributed by atoms with E-state index in [1.807, 2.05) is 14.1 Å². The third kappa shape index (κ3) is 6.84. The lowest BCUT2D eigenvalue weighted by Gasteiger charge is -2.24. The Morgan fingerprint density at radius 2 is 1.93 bits per heavy atom. The maximum Gasteiger partial charge on any atom is 0.106 e. The Labute approximate surface area is 87.3 Å². The molecule has 0 aliphatic rings. The van der Waals surface area contributed by atoms with Crippen LogP contribution in [-0.4, -0.2) is 56.1 Å². The summed E-state index contributed by atoms with van der Waals surface area (Å²) in [5.41, 5.74) is 5.59. The average Bonchev–Trinajstić information content (AvgIpc) is 2.14. The molecule has 0 radical (unpaired) electrons. The largest absolute Gasteiger partial charge is 0.315 e. The molecule has 1 unspecified atom stereocenters. The summed E-state index contributed by atoms with van der Waals surface area (Å²) in [6.45, 7) is 5.83. The van der Waals surface area contributed by atoms with E-state index in [1.165, 1.54) is 0 Å². The Morgan fingerprint density at radius 3 is 2.36 bits per heavy atom. The molecule has 0 saturated heterocycles. The third-order valence-electron chi connectivity index (χ3n) is 2.02. The van der Waals surface area contributed by atoms with Gasteiger partial charge in [0.2, 0.25) is 0 Å². The molecular formula is C10H22N4. The van der Waals surface area contributed by atoms with Crippen LogP contribution in [0.4, 0.5) is 0 Å². The van der Waals surface area contributed by atoms with E-state index in [9.17, 15) is 0 Å². The molecule has 0 fully saturated rings. The van der Waals surface area contributed by atoms with Gasteiger partial charge in [-0.2, -0.15) is 5.26 Å². The maximum atomic E-state index is 8.62. The first-order valence-corrected chi connectivity index (χ1v) is 5.12. The number of hydrogen-bond donors (Lipinski definition) is 1. The van der Waals surface area contributed by atoms with Crippen molar-refractivity contribution in [2.75, 3.05) is 40.3 Å². The van der Waals surface area contributed by atoms with Gasteiger partial charge in [0, 0.05) is 19.6 Å². The summed E-state index contributed by atoms with van der Waals surface area (Å²) in [4.78, 5) is 4.38. The highest BCUT2D eigenvalue weighted by atomic mass is 15.2. The van der Waals surface area contributed by atoms with Crippen molar-refractivity contribution < 1.29 is 0 Å². The van der Waals surface area contributed by atoms with Gasteiger partial charge in [-0.3, -0.25) is 4.90 Å². The molecule has 0 spiro atoms. The van der Waals surface area contributed by atoms with Crippen LogP contribution in [0.1, 0.15) is 13.3 Å². The molecule has 0 aliphatic carbocycles. The Hall–Kier alpha value is -0.630. The summed E-state index contributed by atoms with van der Waals surface area (Å²) in [6, 6.07) is 1.71. The number of nitriles is 1. The van der Waals surface area contributed by atoms with Crippen LogP contribution in [-0.2, 0) is 0 Å². The minimum absolute atomic E-state index is 0.358. The zero-order chi connectivity index (χ0) is 11.0. The van der Waals surface area contributed by atoms with Crippen molar-refractivity contribution >= 4 is 0 Å². The minimum atomic E-state index is -0.358. The molecule has 0 aromatic heterocycles. The quantitative estimate of drug-likeness (QED) is 0.631. The van der Waals surface area contributed by atoms with Crippen molar-refractivity contribution in [3.8, 4) is 6.07 Å². The highest BCUT2D eigenvalue weighted by Crippen LogP contribution is 1.93. The van der Waals surface area contributed by atoms with Gasteiger partial charge in [0.15, 0.2) is 0 Å². The number of hydrogen-bond acceptors (Lipinski definition) is 4. The fraction of sp³-hybridized carbons (Fsp3) is 0.900. The molecule has 0 aromatic carbocycles. The summed E-state index contributed by atoms with van der Waals surface area (Å²) in [5, 5.41) is 8.62. The van der Waals surface area contributed by atoms with E-state index in [2.05, 4.69) is 22.8 Å². The molecule has 4 heteroatoms. The smallest absolute Gasteiger partial charge is 0.106 e. The second-order valence-corrected chi connectivity index (χ2v) is 3.84. The molecule has 82 valence electrons. The van der Waals surface area contributed by atoms with Crippen LogP contribution in [0.15, 0.2) is 0 Å². The monoisotopic (exact) mass is 198 g/mol. The topological polar surface area (TPSA) is 56.3 Å². The maximum absolute atomic E-state index is 8.62. The van der Waals surface area contributed by atoms with Crippen molar-refractivity contribution in [3.63, 3.8) is 0 Å². The van der Waals surface area contributed by atoms with Gasteiger partial charge in [-0.05, 0) is 27.1 Å². The molecule has 0 aliphatic heterocycles. The summed E-state index contributed by atoms with van der Waals surface area (Å²) in [5.74, 6) is 0. The molecule has 14 heavy (non-hydrogen) atoms. The normalized spacial score (nSPS) is 13.2. The SMILES string of the molecule is CCCN(CCN(C)C)CC(N)C#N. The zero-order valence-electron chi connectivity index (χ0n) is 9.53. The molecular weight excluding hydrogens is 176 g/mol. The van der Waals surface area contributed by atoms with Crippen molar-refractivity contribution in [3.05, 3.63) is 0 Å². The van der Waals surface area contributed by atoms with E-state index in [0.29, 0.717) is 6.54 Å². The zero-order valence-corrected chi connectivity index (χ0v) is 9.53. The fourth-order valence-corrected chi connectivity index (χ4v) is 1.27. The second kappa shape index (κ2) is 7.74. The van der Waals surface area contributed by atoms with E-state index in [1.54, 1.807) is 0 Å². The van der Waals surface area contributed by atoms with Crippen LogP contribution in [0, 0.1) is 11.3 Å².